The highest BCUT2D eigenvalue weighted by molar-refractivity contribution is 7.80. The summed E-state index contributed by atoms with van der Waals surface area (Å²) in [6.07, 6.45) is 1.00. The number of nitrogens with two attached hydrogens (primary N) is 3. The zero-order valence-electron chi connectivity index (χ0n) is 18.1. The average molecular weight is 462 g/mol. The van der Waals surface area contributed by atoms with E-state index in [-0.39, 0.29) is 30.6 Å². The van der Waals surface area contributed by atoms with Crippen molar-refractivity contribution in [2.24, 2.45) is 28.1 Å². The van der Waals surface area contributed by atoms with E-state index in [2.05, 4.69) is 33.6 Å². The van der Waals surface area contributed by atoms with Crippen molar-refractivity contribution in [1.29, 1.82) is 0 Å². The number of nitrogens with one attached hydrogen (secondary N) is 3. The van der Waals surface area contributed by atoms with Crippen molar-refractivity contribution in [3.05, 3.63) is 0 Å². The largest absolute Gasteiger partial charge is 0.480 e. The monoisotopic (exact) mass is 461 g/mol. The molecule has 0 aliphatic carbocycles. The number of thiol groups is 1. The average Bonchev–Trinajstić information content (AvgIpc) is 2.66. The van der Waals surface area contributed by atoms with Crippen LogP contribution in [-0.4, -0.2) is 71.2 Å². The zero-order chi connectivity index (χ0) is 24.1. The third kappa shape index (κ3) is 12.0. The SMILES string of the molecule is CC(C)CC(N)C(=O)NC(CCCN=C(N)N)C(=O)NC(CS)C(=O)NC(C)C(=O)O. The van der Waals surface area contributed by atoms with E-state index in [1.165, 1.54) is 6.92 Å². The van der Waals surface area contributed by atoms with E-state index in [4.69, 9.17) is 22.3 Å². The van der Waals surface area contributed by atoms with Gasteiger partial charge >= 0.3 is 5.97 Å². The van der Waals surface area contributed by atoms with Gasteiger partial charge in [-0.15, -0.1) is 0 Å². The summed E-state index contributed by atoms with van der Waals surface area (Å²) in [6, 6.07) is -4.03. The van der Waals surface area contributed by atoms with E-state index in [0.717, 1.165) is 0 Å². The number of carbonyl (C=O) groups is 4. The van der Waals surface area contributed by atoms with Gasteiger partial charge in [0, 0.05) is 12.3 Å². The van der Waals surface area contributed by atoms with Crippen LogP contribution in [-0.2, 0) is 19.2 Å². The molecule has 0 heterocycles. The number of carboxylic acids is 1. The van der Waals surface area contributed by atoms with Gasteiger partial charge in [0.2, 0.25) is 17.7 Å². The maximum atomic E-state index is 12.8. The molecule has 0 saturated heterocycles. The number of amides is 3. The predicted molar refractivity (Wildman–Crippen MR) is 120 cm³/mol. The Morgan fingerprint density at radius 2 is 1.52 bits per heavy atom. The minimum atomic E-state index is -1.22. The topological polar surface area (TPSA) is 215 Å². The number of aliphatic carboxylic acids is 1. The number of nitrogens with zero attached hydrogens (tertiary/aromatic N) is 1. The van der Waals surface area contributed by atoms with Gasteiger partial charge in [-0.1, -0.05) is 13.8 Å². The lowest BCUT2D eigenvalue weighted by molar-refractivity contribution is -0.141. The summed E-state index contributed by atoms with van der Waals surface area (Å²) in [7, 11) is 0. The summed E-state index contributed by atoms with van der Waals surface area (Å²) in [5, 5.41) is 16.3. The molecule has 10 N–H and O–H groups in total. The Hall–Kier alpha value is -2.54. The van der Waals surface area contributed by atoms with Gasteiger partial charge in [-0.3, -0.25) is 24.2 Å². The molecule has 0 aromatic rings. The van der Waals surface area contributed by atoms with Crippen molar-refractivity contribution in [3.63, 3.8) is 0 Å². The van der Waals surface area contributed by atoms with E-state index < -0.39 is 47.9 Å². The summed E-state index contributed by atoms with van der Waals surface area (Å²) in [6.45, 7) is 5.37. The van der Waals surface area contributed by atoms with E-state index >= 15 is 0 Å². The Balaban J connectivity index is 5.22. The van der Waals surface area contributed by atoms with Crippen LogP contribution in [0.25, 0.3) is 0 Å². The normalized spacial score (nSPS) is 14.6. The molecule has 4 unspecified atom stereocenters. The number of aliphatic imine (C=N–C) groups is 1. The van der Waals surface area contributed by atoms with Crippen LogP contribution in [0.5, 0.6) is 0 Å². The predicted octanol–water partition coefficient (Wildman–Crippen LogP) is -2.10. The Morgan fingerprint density at radius 3 is 2.00 bits per heavy atom. The maximum Gasteiger partial charge on any atom is 0.325 e. The number of guanidine groups is 1. The molecule has 0 aliphatic heterocycles. The van der Waals surface area contributed by atoms with Gasteiger partial charge in [0.1, 0.15) is 18.1 Å². The summed E-state index contributed by atoms with van der Waals surface area (Å²) in [5.74, 6) is -3.05. The van der Waals surface area contributed by atoms with E-state index in [1.807, 2.05) is 13.8 Å². The summed E-state index contributed by atoms with van der Waals surface area (Å²) < 4.78 is 0. The molecule has 13 heteroatoms. The molecule has 0 fully saturated rings. The van der Waals surface area contributed by atoms with Crippen molar-refractivity contribution in [1.82, 2.24) is 16.0 Å². The standard InChI is InChI=1S/C18H35N7O5S/c1-9(2)7-11(19)14(26)24-12(5-4-6-22-18(20)21)15(27)25-13(8-31)16(28)23-10(3)17(29)30/h9-13,31H,4-8,19H2,1-3H3,(H,23,28)(H,24,26)(H,25,27)(H,29,30)(H4,20,21,22). The van der Waals surface area contributed by atoms with Gasteiger partial charge < -0.3 is 38.3 Å². The fourth-order valence-electron chi connectivity index (χ4n) is 2.51. The lowest BCUT2D eigenvalue weighted by Gasteiger charge is -2.24. The van der Waals surface area contributed by atoms with Crippen LogP contribution in [0.2, 0.25) is 0 Å². The summed E-state index contributed by atoms with van der Waals surface area (Å²) in [5.41, 5.74) is 16.5. The molecule has 0 rings (SSSR count). The third-order valence-corrected chi connectivity index (χ3v) is 4.55. The Kier molecular flexibility index (Phi) is 13.3. The molecule has 178 valence electrons. The van der Waals surface area contributed by atoms with Crippen LogP contribution in [0.1, 0.15) is 40.0 Å². The highest BCUT2D eigenvalue weighted by Crippen LogP contribution is 2.05. The van der Waals surface area contributed by atoms with E-state index in [1.54, 1.807) is 0 Å². The minimum Gasteiger partial charge on any atom is -0.480 e. The quantitative estimate of drug-likeness (QED) is 0.0619. The molecular weight excluding hydrogens is 426 g/mol. The number of hydrogen-bond donors (Lipinski definition) is 8. The van der Waals surface area contributed by atoms with Crippen LogP contribution in [0.3, 0.4) is 0 Å². The fraction of sp³-hybridized carbons (Fsp3) is 0.722. The zero-order valence-corrected chi connectivity index (χ0v) is 19.0. The first-order chi connectivity index (χ1) is 14.4. The van der Waals surface area contributed by atoms with E-state index in [9.17, 15) is 19.2 Å². The number of rotatable bonds is 14. The molecule has 0 radical (unpaired) electrons. The smallest absolute Gasteiger partial charge is 0.325 e. The molecule has 0 aromatic carbocycles. The third-order valence-electron chi connectivity index (χ3n) is 4.19. The first kappa shape index (κ1) is 28.5. The minimum absolute atomic E-state index is 0.0779. The second-order valence-electron chi connectivity index (χ2n) is 7.56. The van der Waals surface area contributed by atoms with Crippen LogP contribution in [0.4, 0.5) is 0 Å². The maximum absolute atomic E-state index is 12.8. The second-order valence-corrected chi connectivity index (χ2v) is 7.92. The molecule has 31 heavy (non-hydrogen) atoms. The van der Waals surface area contributed by atoms with Crippen molar-refractivity contribution < 1.29 is 24.3 Å². The van der Waals surface area contributed by atoms with Crippen molar-refractivity contribution >= 4 is 42.3 Å². The van der Waals surface area contributed by atoms with Gasteiger partial charge in [0.25, 0.3) is 0 Å². The van der Waals surface area contributed by atoms with Gasteiger partial charge in [-0.05, 0) is 32.1 Å². The van der Waals surface area contributed by atoms with Crippen molar-refractivity contribution in [3.8, 4) is 0 Å². The van der Waals surface area contributed by atoms with Crippen LogP contribution in [0, 0.1) is 5.92 Å². The number of carboxylic acid groups (broad SMARTS) is 1. The van der Waals surface area contributed by atoms with Gasteiger partial charge in [-0.25, -0.2) is 0 Å². The first-order valence-corrected chi connectivity index (χ1v) is 10.6. The highest BCUT2D eigenvalue weighted by atomic mass is 32.1. The molecule has 0 aliphatic rings. The second kappa shape index (κ2) is 14.5. The van der Waals surface area contributed by atoms with Crippen molar-refractivity contribution in [2.45, 2.75) is 64.2 Å². The molecule has 4 atom stereocenters. The number of hydrogen-bond acceptors (Lipinski definition) is 7. The Labute approximate surface area is 187 Å². The Bertz CT molecular complexity index is 655. The highest BCUT2D eigenvalue weighted by Gasteiger charge is 2.28. The fourth-order valence-corrected chi connectivity index (χ4v) is 2.77. The molecule has 0 bridgehead atoms. The lowest BCUT2D eigenvalue weighted by Crippen LogP contribution is -2.57. The summed E-state index contributed by atoms with van der Waals surface area (Å²) in [4.78, 5) is 52.2. The van der Waals surface area contributed by atoms with Crippen molar-refractivity contribution in [2.75, 3.05) is 12.3 Å². The number of carbonyl (C=O) groups excluding carboxylic acids is 3. The van der Waals surface area contributed by atoms with Gasteiger partial charge in [0.05, 0.1) is 6.04 Å². The van der Waals surface area contributed by atoms with Crippen LogP contribution >= 0.6 is 12.6 Å². The molecule has 12 nitrogen and oxygen atoms in total. The first-order valence-electron chi connectivity index (χ1n) is 9.94. The Morgan fingerprint density at radius 1 is 0.968 bits per heavy atom. The lowest BCUT2D eigenvalue weighted by atomic mass is 10.0. The molecule has 0 saturated carbocycles. The van der Waals surface area contributed by atoms with E-state index in [0.29, 0.717) is 12.8 Å². The molecule has 0 spiro atoms. The van der Waals surface area contributed by atoms with Crippen LogP contribution < -0.4 is 33.2 Å². The van der Waals surface area contributed by atoms with Gasteiger partial charge in [-0.2, -0.15) is 12.6 Å². The molecule has 3 amide bonds. The van der Waals surface area contributed by atoms with Crippen LogP contribution in [0.15, 0.2) is 4.99 Å². The molecule has 0 aromatic heterocycles. The van der Waals surface area contributed by atoms with Gasteiger partial charge in [0.15, 0.2) is 5.96 Å². The summed E-state index contributed by atoms with van der Waals surface area (Å²) >= 11 is 4.04. The molecular formula is C18H35N7O5S.